The molecule has 0 unspecified atom stereocenters. The molecule has 0 fully saturated rings. The van der Waals surface area contributed by atoms with Crippen LogP contribution in [0.3, 0.4) is 0 Å². The van der Waals surface area contributed by atoms with Crippen LogP contribution in [0.2, 0.25) is 0 Å². The number of hydrogen-bond donors (Lipinski definition) is 0. The van der Waals surface area contributed by atoms with Crippen molar-refractivity contribution in [2.24, 2.45) is 0 Å². The zero-order valence-corrected chi connectivity index (χ0v) is 16.2. The summed E-state index contributed by atoms with van der Waals surface area (Å²) in [6.45, 7) is 0. The van der Waals surface area contributed by atoms with Crippen LogP contribution in [0.4, 0.5) is 0 Å². The molecule has 138 valence electrons. The van der Waals surface area contributed by atoms with Gasteiger partial charge in [-0.25, -0.2) is 4.98 Å². The van der Waals surface area contributed by atoms with Crippen LogP contribution in [0.1, 0.15) is 5.69 Å². The first-order valence-corrected chi connectivity index (χ1v) is 10.4. The quantitative estimate of drug-likeness (QED) is 0.345. The van der Waals surface area contributed by atoms with E-state index in [9.17, 15) is 0 Å². The Morgan fingerprint density at radius 2 is 1.68 bits per heavy atom. The summed E-state index contributed by atoms with van der Waals surface area (Å²) in [5.74, 6) is 2.82. The normalized spacial score (nSPS) is 11.1. The first-order chi connectivity index (χ1) is 13.9. The second-order valence-electron chi connectivity index (χ2n) is 5.86. The lowest BCUT2D eigenvalue weighted by Crippen LogP contribution is -1.99. The van der Waals surface area contributed by atoms with E-state index in [4.69, 9.17) is 8.83 Å². The topological polar surface area (TPSA) is 69.9 Å². The summed E-state index contributed by atoms with van der Waals surface area (Å²) in [5, 5.41) is 12.5. The second kappa shape index (κ2) is 7.49. The van der Waals surface area contributed by atoms with Crippen molar-refractivity contribution < 1.29 is 8.83 Å². The Morgan fingerprint density at radius 1 is 0.893 bits per heavy atom. The van der Waals surface area contributed by atoms with E-state index in [1.165, 1.54) is 0 Å². The molecule has 0 saturated heterocycles. The molecule has 28 heavy (non-hydrogen) atoms. The minimum absolute atomic E-state index is 0.674. The molecule has 0 saturated carbocycles. The Hall–Kier alpha value is -3.10. The summed E-state index contributed by atoms with van der Waals surface area (Å²) in [6, 6.07) is 17.5. The van der Waals surface area contributed by atoms with E-state index in [0.29, 0.717) is 17.3 Å². The molecule has 4 heterocycles. The average molecular weight is 406 g/mol. The van der Waals surface area contributed by atoms with Crippen molar-refractivity contribution in [3.05, 3.63) is 78.2 Å². The van der Waals surface area contributed by atoms with E-state index in [2.05, 4.69) is 15.2 Å². The Kier molecular flexibility index (Phi) is 4.56. The SMILES string of the molecule is c1ccc(-n2c(SCc3csc(-c4ccco4)n3)nnc2-c2ccco2)cc1. The van der Waals surface area contributed by atoms with E-state index in [-0.39, 0.29) is 0 Å². The first-order valence-electron chi connectivity index (χ1n) is 8.54. The fourth-order valence-corrected chi connectivity index (χ4v) is 4.50. The number of hydrogen-bond acceptors (Lipinski definition) is 7. The number of thioether (sulfide) groups is 1. The Morgan fingerprint density at radius 3 is 2.43 bits per heavy atom. The maximum Gasteiger partial charge on any atom is 0.205 e. The van der Waals surface area contributed by atoms with Crippen molar-refractivity contribution >= 4 is 23.1 Å². The van der Waals surface area contributed by atoms with Gasteiger partial charge in [0.2, 0.25) is 5.82 Å². The molecule has 0 N–H and O–H groups in total. The zero-order chi connectivity index (χ0) is 18.8. The van der Waals surface area contributed by atoms with Gasteiger partial charge in [0.05, 0.1) is 18.2 Å². The third-order valence-electron chi connectivity index (χ3n) is 4.02. The molecule has 6 nitrogen and oxygen atoms in total. The van der Waals surface area contributed by atoms with Gasteiger partial charge in [0.25, 0.3) is 0 Å². The van der Waals surface area contributed by atoms with E-state index >= 15 is 0 Å². The largest absolute Gasteiger partial charge is 0.462 e. The molecular formula is C20H14N4O2S2. The lowest BCUT2D eigenvalue weighted by Gasteiger charge is -2.08. The zero-order valence-electron chi connectivity index (χ0n) is 14.6. The van der Waals surface area contributed by atoms with Crippen LogP contribution in [-0.4, -0.2) is 19.7 Å². The minimum Gasteiger partial charge on any atom is -0.462 e. The Balaban J connectivity index is 1.44. The Labute approximate surface area is 168 Å². The predicted molar refractivity (Wildman–Crippen MR) is 108 cm³/mol. The molecule has 0 amide bonds. The molecule has 0 spiro atoms. The number of thiazole rings is 1. The van der Waals surface area contributed by atoms with Gasteiger partial charge in [-0.3, -0.25) is 4.57 Å². The molecule has 0 bridgehead atoms. The summed E-state index contributed by atoms with van der Waals surface area (Å²) in [5.41, 5.74) is 1.96. The van der Waals surface area contributed by atoms with Crippen LogP contribution in [0.15, 0.2) is 86.5 Å². The standard InChI is InChI=1S/C20H14N4O2S2/c1-2-6-15(7-3-1)24-18(16-8-4-10-25-16)22-23-20(24)28-13-14-12-27-19(21-14)17-9-5-11-26-17/h1-12H,13H2. The summed E-state index contributed by atoms with van der Waals surface area (Å²) in [4.78, 5) is 4.65. The fraction of sp³-hybridized carbons (Fsp3) is 0.0500. The minimum atomic E-state index is 0.674. The monoisotopic (exact) mass is 406 g/mol. The van der Waals surface area contributed by atoms with Crippen LogP contribution >= 0.6 is 23.1 Å². The highest BCUT2D eigenvalue weighted by Gasteiger charge is 2.18. The fourth-order valence-electron chi connectivity index (χ4n) is 2.76. The molecular weight excluding hydrogens is 392 g/mol. The van der Waals surface area contributed by atoms with Crippen molar-refractivity contribution in [3.8, 4) is 28.0 Å². The van der Waals surface area contributed by atoms with Gasteiger partial charge in [-0.1, -0.05) is 30.0 Å². The van der Waals surface area contributed by atoms with Crippen molar-refractivity contribution in [1.29, 1.82) is 0 Å². The number of nitrogens with zero attached hydrogens (tertiary/aromatic N) is 4. The lowest BCUT2D eigenvalue weighted by atomic mass is 10.3. The van der Waals surface area contributed by atoms with Crippen molar-refractivity contribution in [2.45, 2.75) is 10.9 Å². The average Bonchev–Trinajstić information content (AvgIpc) is 3.53. The van der Waals surface area contributed by atoms with Crippen molar-refractivity contribution in [2.75, 3.05) is 0 Å². The maximum atomic E-state index is 5.55. The first kappa shape index (κ1) is 17.0. The van der Waals surface area contributed by atoms with E-state index < -0.39 is 0 Å². The Bertz CT molecular complexity index is 1160. The lowest BCUT2D eigenvalue weighted by molar-refractivity contribution is 0.575. The summed E-state index contributed by atoms with van der Waals surface area (Å²) in [7, 11) is 0. The number of benzene rings is 1. The van der Waals surface area contributed by atoms with Gasteiger partial charge in [0, 0.05) is 16.8 Å². The summed E-state index contributed by atoms with van der Waals surface area (Å²) in [6.07, 6.45) is 3.29. The van der Waals surface area contributed by atoms with Crippen LogP contribution in [-0.2, 0) is 5.75 Å². The molecule has 0 aliphatic heterocycles. The third-order valence-corrected chi connectivity index (χ3v) is 5.89. The third kappa shape index (κ3) is 3.28. The van der Waals surface area contributed by atoms with E-state index in [1.807, 2.05) is 64.5 Å². The van der Waals surface area contributed by atoms with Gasteiger partial charge in [0.1, 0.15) is 0 Å². The van der Waals surface area contributed by atoms with E-state index in [0.717, 1.165) is 27.3 Å². The van der Waals surface area contributed by atoms with Gasteiger partial charge in [-0.15, -0.1) is 21.5 Å². The van der Waals surface area contributed by atoms with Crippen molar-refractivity contribution in [3.63, 3.8) is 0 Å². The summed E-state index contributed by atoms with van der Waals surface area (Å²) >= 11 is 3.16. The molecule has 8 heteroatoms. The highest BCUT2D eigenvalue weighted by atomic mass is 32.2. The van der Waals surface area contributed by atoms with E-state index in [1.54, 1.807) is 35.6 Å². The molecule has 1 aromatic carbocycles. The maximum absolute atomic E-state index is 5.55. The van der Waals surface area contributed by atoms with Gasteiger partial charge in [0.15, 0.2) is 21.7 Å². The van der Waals surface area contributed by atoms with Crippen LogP contribution in [0.25, 0.3) is 28.0 Å². The van der Waals surface area contributed by atoms with Gasteiger partial charge < -0.3 is 8.83 Å². The number of para-hydroxylation sites is 1. The predicted octanol–water partition coefficient (Wildman–Crippen LogP) is 5.54. The van der Waals surface area contributed by atoms with Gasteiger partial charge in [-0.2, -0.15) is 0 Å². The number of aromatic nitrogens is 4. The van der Waals surface area contributed by atoms with Crippen LogP contribution < -0.4 is 0 Å². The molecule has 4 aromatic heterocycles. The molecule has 5 rings (SSSR count). The number of rotatable bonds is 6. The second-order valence-corrected chi connectivity index (χ2v) is 7.67. The van der Waals surface area contributed by atoms with Crippen molar-refractivity contribution in [1.82, 2.24) is 19.7 Å². The molecule has 0 aliphatic carbocycles. The smallest absolute Gasteiger partial charge is 0.205 e. The molecule has 5 aromatic rings. The number of furan rings is 2. The highest BCUT2D eigenvalue weighted by Crippen LogP contribution is 2.31. The van der Waals surface area contributed by atoms with Gasteiger partial charge >= 0.3 is 0 Å². The molecule has 0 aliphatic rings. The highest BCUT2D eigenvalue weighted by molar-refractivity contribution is 7.98. The van der Waals surface area contributed by atoms with Gasteiger partial charge in [-0.05, 0) is 36.4 Å². The molecule has 0 radical (unpaired) electrons. The van der Waals surface area contributed by atoms with Crippen LogP contribution in [0, 0.1) is 0 Å². The van der Waals surface area contributed by atoms with Crippen LogP contribution in [0.5, 0.6) is 0 Å². The molecule has 0 atom stereocenters. The summed E-state index contributed by atoms with van der Waals surface area (Å²) < 4.78 is 13.0.